The van der Waals surface area contributed by atoms with Gasteiger partial charge in [0.25, 0.3) is 5.56 Å². The third kappa shape index (κ3) is 4.54. The largest absolute Gasteiger partial charge is 0.463 e. The Balaban J connectivity index is 1.93. The summed E-state index contributed by atoms with van der Waals surface area (Å²) in [5.41, 5.74) is 0.815. The lowest BCUT2D eigenvalue weighted by Crippen LogP contribution is -2.39. The monoisotopic (exact) mass is 488 g/mol. The fraction of sp³-hybridized carbons (Fsp3) is 0.208. The van der Waals surface area contributed by atoms with Gasteiger partial charge in [-0.3, -0.25) is 9.36 Å². The Hall–Kier alpha value is -3.66. The van der Waals surface area contributed by atoms with Gasteiger partial charge >= 0.3 is 12.6 Å². The van der Waals surface area contributed by atoms with Crippen LogP contribution in [0.4, 0.5) is 13.2 Å². The number of rotatable bonds is 6. The molecule has 2 heterocycles. The third-order valence-electron chi connectivity index (χ3n) is 5.12. The van der Waals surface area contributed by atoms with Crippen LogP contribution in [0.3, 0.4) is 0 Å². The summed E-state index contributed by atoms with van der Waals surface area (Å²) in [6.07, 6.45) is 1.44. The molecule has 0 saturated carbocycles. The van der Waals surface area contributed by atoms with Crippen molar-refractivity contribution in [2.75, 3.05) is 6.61 Å². The van der Waals surface area contributed by atoms with Crippen molar-refractivity contribution < 1.29 is 27.4 Å². The predicted molar refractivity (Wildman–Crippen MR) is 120 cm³/mol. The second-order valence-electron chi connectivity index (χ2n) is 7.27. The van der Waals surface area contributed by atoms with E-state index in [-0.39, 0.29) is 28.0 Å². The number of nitrogens with zero attached hydrogens (tertiary/aromatic N) is 2. The standard InChI is InChI=1S/C24H19F3N2O4S/c1-3-32-22(31)19-13(2)28-24-29(20(19)14-8-10-16(25)11-9-14)21(30)18(34-24)12-15-6-4-5-7-17(15)33-23(26)27/h4-12,20,23H,3H2,1-2H3/b18-12+/t20-/m1/s1. The first-order valence-electron chi connectivity index (χ1n) is 10.3. The molecule has 1 aromatic heterocycles. The number of ether oxygens (including phenoxy) is 2. The Bertz CT molecular complexity index is 1440. The minimum Gasteiger partial charge on any atom is -0.463 e. The summed E-state index contributed by atoms with van der Waals surface area (Å²) in [5.74, 6) is -1.19. The minimum atomic E-state index is -3.02. The molecule has 10 heteroatoms. The molecule has 34 heavy (non-hydrogen) atoms. The van der Waals surface area contributed by atoms with Crippen molar-refractivity contribution in [2.24, 2.45) is 4.99 Å². The van der Waals surface area contributed by atoms with Crippen LogP contribution in [0.25, 0.3) is 6.08 Å². The van der Waals surface area contributed by atoms with Crippen molar-refractivity contribution >= 4 is 23.4 Å². The van der Waals surface area contributed by atoms with Crippen molar-refractivity contribution in [1.29, 1.82) is 0 Å². The van der Waals surface area contributed by atoms with Crippen LogP contribution in [-0.4, -0.2) is 23.8 Å². The van der Waals surface area contributed by atoms with Crippen LogP contribution in [-0.2, 0) is 9.53 Å². The minimum absolute atomic E-state index is 0.0817. The Morgan fingerprint density at radius 2 is 1.91 bits per heavy atom. The molecule has 1 aliphatic heterocycles. The van der Waals surface area contributed by atoms with Gasteiger partial charge in [0.15, 0.2) is 4.80 Å². The molecular formula is C24H19F3N2O4S. The van der Waals surface area contributed by atoms with Crippen LogP contribution in [0, 0.1) is 5.82 Å². The lowest BCUT2D eigenvalue weighted by atomic mass is 9.96. The summed E-state index contributed by atoms with van der Waals surface area (Å²) < 4.78 is 50.5. The zero-order valence-corrected chi connectivity index (χ0v) is 18.9. The van der Waals surface area contributed by atoms with Gasteiger partial charge in [0.2, 0.25) is 0 Å². The first kappa shape index (κ1) is 23.5. The Morgan fingerprint density at radius 3 is 2.59 bits per heavy atom. The number of carbonyl (C=O) groups excluding carboxylic acids is 1. The average molecular weight is 488 g/mol. The first-order valence-corrected chi connectivity index (χ1v) is 11.1. The van der Waals surface area contributed by atoms with E-state index in [0.717, 1.165) is 11.3 Å². The topological polar surface area (TPSA) is 69.9 Å². The Labute approximate surface area is 195 Å². The quantitative estimate of drug-likeness (QED) is 0.498. The molecule has 0 aliphatic carbocycles. The highest BCUT2D eigenvalue weighted by Gasteiger charge is 2.33. The average Bonchev–Trinajstić information content (AvgIpc) is 3.09. The van der Waals surface area contributed by atoms with Gasteiger partial charge in [-0.15, -0.1) is 0 Å². The second-order valence-corrected chi connectivity index (χ2v) is 8.28. The van der Waals surface area contributed by atoms with Gasteiger partial charge in [-0.2, -0.15) is 8.78 Å². The number of para-hydroxylation sites is 1. The Morgan fingerprint density at radius 1 is 1.21 bits per heavy atom. The van der Waals surface area contributed by atoms with Gasteiger partial charge in [-0.05, 0) is 43.7 Å². The fourth-order valence-electron chi connectivity index (χ4n) is 3.70. The molecule has 6 nitrogen and oxygen atoms in total. The molecule has 0 radical (unpaired) electrons. The van der Waals surface area contributed by atoms with Gasteiger partial charge in [0, 0.05) is 5.56 Å². The maximum Gasteiger partial charge on any atom is 0.387 e. The fourth-order valence-corrected chi connectivity index (χ4v) is 4.73. The van der Waals surface area contributed by atoms with Gasteiger partial charge in [-0.25, -0.2) is 14.2 Å². The highest BCUT2D eigenvalue weighted by molar-refractivity contribution is 7.07. The number of carbonyl (C=O) groups is 1. The Kier molecular flexibility index (Phi) is 6.69. The molecule has 0 amide bonds. The van der Waals surface area contributed by atoms with Crippen LogP contribution in [0.2, 0.25) is 0 Å². The van der Waals surface area contributed by atoms with Crippen LogP contribution in [0.15, 0.2) is 69.6 Å². The van der Waals surface area contributed by atoms with E-state index in [1.807, 2.05) is 0 Å². The number of fused-ring (bicyclic) bond motifs is 1. The van der Waals surface area contributed by atoms with Crippen LogP contribution in [0.5, 0.6) is 5.75 Å². The third-order valence-corrected chi connectivity index (χ3v) is 6.11. The second kappa shape index (κ2) is 9.68. The van der Waals surface area contributed by atoms with E-state index >= 15 is 0 Å². The molecule has 0 fully saturated rings. The van der Waals surface area contributed by atoms with Crippen LogP contribution < -0.4 is 19.6 Å². The predicted octanol–water partition coefficient (Wildman–Crippen LogP) is 3.54. The summed E-state index contributed by atoms with van der Waals surface area (Å²) in [7, 11) is 0. The van der Waals surface area contributed by atoms with E-state index in [1.54, 1.807) is 32.0 Å². The summed E-state index contributed by atoms with van der Waals surface area (Å²) in [4.78, 5) is 31.0. The number of alkyl halides is 2. The van der Waals surface area contributed by atoms with Gasteiger partial charge in [-0.1, -0.05) is 41.7 Å². The molecule has 2 aromatic carbocycles. The molecule has 3 aromatic rings. The van der Waals surface area contributed by atoms with Gasteiger partial charge in [0.05, 0.1) is 28.5 Å². The van der Waals surface area contributed by atoms with Crippen molar-refractivity contribution in [3.8, 4) is 5.75 Å². The number of hydrogen-bond acceptors (Lipinski definition) is 6. The number of benzene rings is 2. The summed E-state index contributed by atoms with van der Waals surface area (Å²) in [6, 6.07) is 10.6. The molecular weight excluding hydrogens is 469 g/mol. The van der Waals surface area contributed by atoms with E-state index in [2.05, 4.69) is 9.73 Å². The lowest BCUT2D eigenvalue weighted by molar-refractivity contribution is -0.139. The van der Waals surface area contributed by atoms with E-state index in [1.165, 1.54) is 41.0 Å². The number of esters is 1. The number of hydrogen-bond donors (Lipinski definition) is 0. The van der Waals surface area contributed by atoms with E-state index < -0.39 is 30.0 Å². The van der Waals surface area contributed by atoms with E-state index in [4.69, 9.17) is 4.74 Å². The number of halogens is 3. The number of allylic oxidation sites excluding steroid dienone is 1. The smallest absolute Gasteiger partial charge is 0.387 e. The molecule has 0 bridgehead atoms. The summed E-state index contributed by atoms with van der Waals surface area (Å²) in [6.45, 7) is 0.390. The SMILES string of the molecule is CCOC(=O)C1=C(C)N=c2s/c(=C/c3ccccc3OC(F)F)c(=O)n2[C@@H]1c1ccc(F)cc1. The van der Waals surface area contributed by atoms with Gasteiger partial charge in [0.1, 0.15) is 11.6 Å². The first-order chi connectivity index (χ1) is 16.3. The molecule has 0 saturated heterocycles. The highest BCUT2D eigenvalue weighted by Crippen LogP contribution is 2.31. The molecule has 0 N–H and O–H groups in total. The van der Waals surface area contributed by atoms with E-state index in [9.17, 15) is 22.8 Å². The van der Waals surface area contributed by atoms with E-state index in [0.29, 0.717) is 16.1 Å². The van der Waals surface area contributed by atoms with Crippen LogP contribution >= 0.6 is 11.3 Å². The highest BCUT2D eigenvalue weighted by atomic mass is 32.1. The maximum absolute atomic E-state index is 13.6. The van der Waals surface area contributed by atoms with Gasteiger partial charge < -0.3 is 9.47 Å². The zero-order chi connectivity index (χ0) is 24.4. The normalized spacial score (nSPS) is 15.8. The lowest BCUT2D eigenvalue weighted by Gasteiger charge is -2.24. The number of aromatic nitrogens is 1. The summed E-state index contributed by atoms with van der Waals surface area (Å²) in [5, 5.41) is 0. The summed E-state index contributed by atoms with van der Waals surface area (Å²) >= 11 is 1.04. The molecule has 0 spiro atoms. The number of thiazole rings is 1. The van der Waals surface area contributed by atoms with Crippen molar-refractivity contribution in [1.82, 2.24) is 4.57 Å². The molecule has 176 valence electrons. The molecule has 1 aliphatic rings. The maximum atomic E-state index is 13.6. The molecule has 4 rings (SSSR count). The van der Waals surface area contributed by atoms with Crippen LogP contribution in [0.1, 0.15) is 31.0 Å². The van der Waals surface area contributed by atoms with Crippen molar-refractivity contribution in [3.05, 3.63) is 96.4 Å². The zero-order valence-electron chi connectivity index (χ0n) is 18.1. The molecule has 0 unspecified atom stereocenters. The van der Waals surface area contributed by atoms with Crippen molar-refractivity contribution in [2.45, 2.75) is 26.5 Å². The molecule has 1 atom stereocenters. The van der Waals surface area contributed by atoms with Crippen molar-refractivity contribution in [3.63, 3.8) is 0 Å².